The van der Waals surface area contributed by atoms with Crippen molar-refractivity contribution in [3.05, 3.63) is 63.1 Å². The number of anilines is 2. The third kappa shape index (κ3) is 5.46. The number of aliphatic carboxylic acids is 1. The number of carbonyl (C=O) groups excluding carboxylic acids is 2. The number of fused-ring (bicyclic) bond motifs is 1. The van der Waals surface area contributed by atoms with Crippen molar-refractivity contribution in [1.29, 1.82) is 0 Å². The summed E-state index contributed by atoms with van der Waals surface area (Å²) in [7, 11) is 0. The third-order valence-corrected chi connectivity index (χ3v) is 7.05. The van der Waals surface area contributed by atoms with Crippen molar-refractivity contribution in [2.24, 2.45) is 0 Å². The van der Waals surface area contributed by atoms with E-state index in [-0.39, 0.29) is 24.0 Å². The maximum absolute atomic E-state index is 12.3. The summed E-state index contributed by atoms with van der Waals surface area (Å²) in [6, 6.07) is 7.51. The summed E-state index contributed by atoms with van der Waals surface area (Å²) in [5.74, 6) is -1.02. The van der Waals surface area contributed by atoms with Crippen LogP contribution in [0.1, 0.15) is 38.6 Å². The van der Waals surface area contributed by atoms with E-state index in [1.54, 1.807) is 43.5 Å². The molecule has 0 saturated carbocycles. The van der Waals surface area contributed by atoms with Crippen molar-refractivity contribution in [2.45, 2.75) is 45.2 Å². The molecule has 4 N–H and O–H groups in total. The van der Waals surface area contributed by atoms with E-state index >= 15 is 0 Å². The minimum Gasteiger partial charge on any atom is -0.508 e. The molecule has 0 saturated heterocycles. The van der Waals surface area contributed by atoms with Gasteiger partial charge in [0.25, 0.3) is 5.91 Å². The molecule has 2 heterocycles. The van der Waals surface area contributed by atoms with E-state index in [4.69, 9.17) is 0 Å². The van der Waals surface area contributed by atoms with E-state index in [1.165, 1.54) is 11.3 Å². The molecular weight excluding hydrogens is 482 g/mol. The Bertz CT molecular complexity index is 1260. The van der Waals surface area contributed by atoms with E-state index in [0.717, 1.165) is 35.3 Å². The molecule has 4 rings (SSSR count). The van der Waals surface area contributed by atoms with E-state index in [9.17, 15) is 24.6 Å². The number of carbonyl (C=O) groups is 3. The minimum atomic E-state index is -1.34. The normalized spacial score (nSPS) is 15.4. The average molecular weight is 510 g/mol. The van der Waals surface area contributed by atoms with Crippen LogP contribution in [0, 0.1) is 13.8 Å². The van der Waals surface area contributed by atoms with Gasteiger partial charge < -0.3 is 20.8 Å². The minimum absolute atomic E-state index is 0.0908. The van der Waals surface area contributed by atoms with Gasteiger partial charge in [0, 0.05) is 12.6 Å². The fourth-order valence-electron chi connectivity index (χ4n) is 4.47. The molecule has 0 radical (unpaired) electrons. The maximum Gasteiger partial charge on any atom is 0.328 e. The lowest BCUT2D eigenvalue weighted by molar-refractivity contribution is -0.139. The summed E-state index contributed by atoms with van der Waals surface area (Å²) in [4.78, 5) is 46.9. The van der Waals surface area contributed by atoms with Crippen molar-refractivity contribution in [3.8, 4) is 5.75 Å². The van der Waals surface area contributed by atoms with Crippen LogP contribution in [0.25, 0.3) is 0 Å². The lowest BCUT2D eigenvalue weighted by Crippen LogP contribution is -2.49. The number of phenolic OH excluding ortho intramolecular Hbond substituents is 1. The predicted octanol–water partition coefficient (Wildman–Crippen LogP) is 2.68. The molecular formula is C25H27N5O5S. The Morgan fingerprint density at radius 2 is 1.97 bits per heavy atom. The monoisotopic (exact) mass is 509 g/mol. The molecule has 1 aliphatic carbocycles. The van der Waals surface area contributed by atoms with Gasteiger partial charge in [-0.3, -0.25) is 14.5 Å². The molecule has 1 unspecified atom stereocenters. The highest BCUT2D eigenvalue weighted by Crippen LogP contribution is 2.28. The van der Waals surface area contributed by atoms with Crippen molar-refractivity contribution in [2.75, 3.05) is 16.8 Å². The molecule has 1 aliphatic rings. The van der Waals surface area contributed by atoms with Gasteiger partial charge in [-0.1, -0.05) is 12.1 Å². The van der Waals surface area contributed by atoms with Gasteiger partial charge in [0.15, 0.2) is 6.04 Å². The van der Waals surface area contributed by atoms with Crippen LogP contribution in [0.3, 0.4) is 0 Å². The largest absolute Gasteiger partial charge is 0.508 e. The summed E-state index contributed by atoms with van der Waals surface area (Å²) in [6.07, 6.45) is 2.83. The second-order valence-corrected chi connectivity index (χ2v) is 9.61. The smallest absolute Gasteiger partial charge is 0.328 e. The Kier molecular flexibility index (Phi) is 7.49. The lowest BCUT2D eigenvalue weighted by Gasteiger charge is -2.29. The maximum atomic E-state index is 12.3. The standard InChI is InChI=1S/C25H27N5O5S/c1-14-22(30(13-31)20(24(34)35)12-26-23(33)21-4-3-9-36-21)15(2)28-25(27-14)29-18-7-5-17-11-19(32)8-6-16(17)10-18/h3-4,6,8-9,11,13,18,20,32H,5,7,10,12H2,1-2H3,(H,26,33)(H,34,35)(H,27,28,29)/t18?,20-/m0/s1. The predicted molar refractivity (Wildman–Crippen MR) is 136 cm³/mol. The summed E-state index contributed by atoms with van der Waals surface area (Å²) in [5, 5.41) is 27.2. The van der Waals surface area contributed by atoms with Gasteiger partial charge in [-0.25, -0.2) is 14.8 Å². The SMILES string of the molecule is Cc1nc(NC2CCc3cc(O)ccc3C2)nc(C)c1N(C=O)[C@@H](CNC(=O)c1cccs1)C(=O)O. The fourth-order valence-corrected chi connectivity index (χ4v) is 5.11. The number of amides is 2. The highest BCUT2D eigenvalue weighted by Gasteiger charge is 2.30. The Hall–Kier alpha value is -3.99. The number of carboxylic acid groups (broad SMARTS) is 1. The number of nitrogens with zero attached hydrogens (tertiary/aromatic N) is 3. The Labute approximate surface area is 212 Å². The second kappa shape index (κ2) is 10.7. The van der Waals surface area contributed by atoms with Gasteiger partial charge in [-0.15, -0.1) is 11.3 Å². The van der Waals surface area contributed by atoms with Gasteiger partial charge in [0.1, 0.15) is 5.75 Å². The first kappa shape index (κ1) is 25.1. The van der Waals surface area contributed by atoms with Gasteiger partial charge in [0.05, 0.1) is 22.0 Å². The van der Waals surface area contributed by atoms with Crippen molar-refractivity contribution in [3.63, 3.8) is 0 Å². The van der Waals surface area contributed by atoms with Gasteiger partial charge in [0.2, 0.25) is 12.4 Å². The van der Waals surface area contributed by atoms with Crippen LogP contribution in [-0.4, -0.2) is 57.1 Å². The summed E-state index contributed by atoms with van der Waals surface area (Å²) >= 11 is 1.24. The molecule has 2 amide bonds. The molecule has 0 aliphatic heterocycles. The first-order valence-corrected chi connectivity index (χ1v) is 12.4. The quantitative estimate of drug-likeness (QED) is 0.322. The Morgan fingerprint density at radius 3 is 2.61 bits per heavy atom. The van der Waals surface area contributed by atoms with Crippen molar-refractivity contribution < 1.29 is 24.6 Å². The number of thiophene rings is 1. The molecule has 3 aromatic rings. The zero-order chi connectivity index (χ0) is 25.8. The molecule has 0 bridgehead atoms. The van der Waals surface area contributed by atoms with Gasteiger partial charge in [-0.05, 0) is 67.8 Å². The van der Waals surface area contributed by atoms with E-state index in [0.29, 0.717) is 28.6 Å². The van der Waals surface area contributed by atoms with E-state index in [2.05, 4.69) is 20.6 Å². The topological polar surface area (TPSA) is 145 Å². The van der Waals surface area contributed by atoms with Crippen LogP contribution >= 0.6 is 11.3 Å². The first-order valence-electron chi connectivity index (χ1n) is 11.5. The van der Waals surface area contributed by atoms with Crippen LogP contribution in [0.2, 0.25) is 0 Å². The van der Waals surface area contributed by atoms with Crippen LogP contribution in [0.5, 0.6) is 5.75 Å². The molecule has 10 nitrogen and oxygen atoms in total. The molecule has 11 heteroatoms. The molecule has 0 fully saturated rings. The highest BCUT2D eigenvalue weighted by atomic mass is 32.1. The van der Waals surface area contributed by atoms with E-state index < -0.39 is 17.9 Å². The third-order valence-electron chi connectivity index (χ3n) is 6.18. The van der Waals surface area contributed by atoms with Crippen molar-refractivity contribution >= 4 is 41.3 Å². The number of hydrogen-bond acceptors (Lipinski definition) is 8. The number of aryl methyl sites for hydroxylation is 3. The van der Waals surface area contributed by atoms with Gasteiger partial charge >= 0.3 is 5.97 Å². The number of phenols is 1. The lowest BCUT2D eigenvalue weighted by atomic mass is 9.88. The number of aromatic nitrogens is 2. The number of benzene rings is 1. The van der Waals surface area contributed by atoms with Crippen LogP contribution in [0.4, 0.5) is 11.6 Å². The van der Waals surface area contributed by atoms with E-state index in [1.807, 2.05) is 6.07 Å². The molecule has 1 aromatic carbocycles. The zero-order valence-electron chi connectivity index (χ0n) is 19.9. The highest BCUT2D eigenvalue weighted by molar-refractivity contribution is 7.12. The summed E-state index contributed by atoms with van der Waals surface area (Å²) in [6.45, 7) is 3.10. The first-order chi connectivity index (χ1) is 17.3. The van der Waals surface area contributed by atoms with Crippen LogP contribution < -0.4 is 15.5 Å². The number of carboxylic acids is 1. The number of hydrogen-bond donors (Lipinski definition) is 4. The average Bonchev–Trinajstić information content (AvgIpc) is 3.37. The zero-order valence-corrected chi connectivity index (χ0v) is 20.7. The number of aromatic hydroxyl groups is 1. The number of rotatable bonds is 9. The molecule has 188 valence electrons. The van der Waals surface area contributed by atoms with Crippen LogP contribution in [-0.2, 0) is 22.4 Å². The fraction of sp³-hybridized carbons (Fsp3) is 0.320. The molecule has 2 atom stereocenters. The second-order valence-electron chi connectivity index (χ2n) is 8.66. The van der Waals surface area contributed by atoms with Gasteiger partial charge in [-0.2, -0.15) is 0 Å². The summed E-state index contributed by atoms with van der Waals surface area (Å²) in [5.41, 5.74) is 3.45. The molecule has 0 spiro atoms. The Balaban J connectivity index is 1.50. The van der Waals surface area contributed by atoms with Crippen molar-refractivity contribution in [1.82, 2.24) is 15.3 Å². The van der Waals surface area contributed by atoms with Crippen LogP contribution in [0.15, 0.2) is 35.7 Å². The molecule has 2 aromatic heterocycles. The number of nitrogens with one attached hydrogen (secondary N) is 2. The Morgan fingerprint density at radius 1 is 1.22 bits per heavy atom. The summed E-state index contributed by atoms with van der Waals surface area (Å²) < 4.78 is 0. The molecule has 36 heavy (non-hydrogen) atoms.